The fraction of sp³-hybridized carbons (Fsp3) is 0.462. The maximum atomic E-state index is 11.2. The molecule has 0 N–H and O–H groups in total. The number of Topliss-reactive ketones (excluding diaryl/α,β-unsaturated/α-hetero) is 1. The highest BCUT2D eigenvalue weighted by Crippen LogP contribution is 2.34. The van der Waals surface area contributed by atoms with Crippen molar-refractivity contribution in [1.29, 1.82) is 0 Å². The lowest BCUT2D eigenvalue weighted by Crippen LogP contribution is -2.35. The topological polar surface area (TPSA) is 63.4 Å². The zero-order chi connectivity index (χ0) is 14.0. The largest absolute Gasteiger partial charge is 0.366 e. The van der Waals surface area contributed by atoms with Crippen molar-refractivity contribution in [3.8, 4) is 0 Å². The van der Waals surface area contributed by atoms with Gasteiger partial charge in [0, 0.05) is 37.0 Å². The van der Waals surface area contributed by atoms with Gasteiger partial charge in [0.1, 0.15) is 11.5 Å². The van der Waals surface area contributed by atoms with Gasteiger partial charge in [-0.3, -0.25) is 14.9 Å². The molecule has 0 spiro atoms. The monoisotopic (exact) mass is 282 g/mol. The summed E-state index contributed by atoms with van der Waals surface area (Å²) >= 11 is 5.92. The average Bonchev–Trinajstić information content (AvgIpc) is 2.38. The van der Waals surface area contributed by atoms with E-state index in [4.69, 9.17) is 11.6 Å². The van der Waals surface area contributed by atoms with Gasteiger partial charge in [-0.1, -0.05) is 11.6 Å². The summed E-state index contributed by atoms with van der Waals surface area (Å²) in [6.07, 6.45) is 2.56. The predicted octanol–water partition coefficient (Wildman–Crippen LogP) is 3.20. The summed E-state index contributed by atoms with van der Waals surface area (Å²) in [6, 6.07) is 4.69. The van der Waals surface area contributed by atoms with Crippen molar-refractivity contribution < 1.29 is 9.72 Å². The number of carbonyl (C=O) groups is 1. The highest BCUT2D eigenvalue weighted by atomic mass is 35.5. The molecule has 2 rings (SSSR count). The Hall–Kier alpha value is -1.62. The minimum atomic E-state index is -0.407. The molecule has 0 saturated heterocycles. The average molecular weight is 283 g/mol. The lowest BCUT2D eigenvalue weighted by atomic mass is 9.93. The number of benzene rings is 1. The van der Waals surface area contributed by atoms with Crippen LogP contribution in [0.5, 0.6) is 0 Å². The van der Waals surface area contributed by atoms with E-state index < -0.39 is 4.92 Å². The summed E-state index contributed by atoms with van der Waals surface area (Å²) in [5, 5.41) is 11.5. The summed E-state index contributed by atoms with van der Waals surface area (Å²) in [5.74, 6) is 0.269. The number of nitro groups is 1. The number of nitro benzene ring substituents is 1. The fourth-order valence-corrected chi connectivity index (χ4v) is 2.61. The van der Waals surface area contributed by atoms with Crippen LogP contribution in [0.1, 0.15) is 25.7 Å². The molecule has 5 nitrogen and oxygen atoms in total. The Kier molecular flexibility index (Phi) is 4.04. The van der Waals surface area contributed by atoms with Gasteiger partial charge in [0.05, 0.1) is 4.92 Å². The van der Waals surface area contributed by atoms with Crippen molar-refractivity contribution in [1.82, 2.24) is 0 Å². The molecule has 0 aliphatic heterocycles. The molecule has 1 aliphatic rings. The molecule has 1 saturated carbocycles. The molecule has 0 heterocycles. The first kappa shape index (κ1) is 13.8. The van der Waals surface area contributed by atoms with Crippen molar-refractivity contribution in [2.45, 2.75) is 31.7 Å². The molecule has 0 amide bonds. The summed E-state index contributed by atoms with van der Waals surface area (Å²) < 4.78 is 0. The second kappa shape index (κ2) is 5.57. The highest BCUT2D eigenvalue weighted by molar-refractivity contribution is 6.31. The molecular weight excluding hydrogens is 268 g/mol. The van der Waals surface area contributed by atoms with Gasteiger partial charge in [-0.05, 0) is 25.0 Å². The van der Waals surface area contributed by atoms with E-state index in [1.165, 1.54) is 12.1 Å². The summed E-state index contributed by atoms with van der Waals surface area (Å²) in [5.41, 5.74) is 0.556. The third kappa shape index (κ3) is 3.04. The zero-order valence-electron chi connectivity index (χ0n) is 10.6. The van der Waals surface area contributed by atoms with E-state index in [0.717, 1.165) is 12.8 Å². The van der Waals surface area contributed by atoms with E-state index >= 15 is 0 Å². The molecule has 102 valence electrons. The number of rotatable bonds is 3. The van der Waals surface area contributed by atoms with E-state index in [1.807, 2.05) is 11.9 Å². The highest BCUT2D eigenvalue weighted by Gasteiger charge is 2.26. The first-order valence-electron chi connectivity index (χ1n) is 6.17. The minimum absolute atomic E-state index is 0.0452. The number of halogens is 1. The van der Waals surface area contributed by atoms with E-state index in [9.17, 15) is 14.9 Å². The Morgan fingerprint density at radius 2 is 2.00 bits per heavy atom. The smallest absolute Gasteiger partial charge is 0.292 e. The normalized spacial score (nSPS) is 16.4. The van der Waals surface area contributed by atoms with Gasteiger partial charge in [-0.2, -0.15) is 0 Å². The molecule has 1 aromatic carbocycles. The number of ketones is 1. The molecule has 0 bridgehead atoms. The quantitative estimate of drug-likeness (QED) is 0.631. The summed E-state index contributed by atoms with van der Waals surface area (Å²) in [6.45, 7) is 0. The van der Waals surface area contributed by atoms with Crippen LogP contribution in [0.4, 0.5) is 11.4 Å². The second-order valence-electron chi connectivity index (χ2n) is 4.77. The lowest BCUT2D eigenvalue weighted by molar-refractivity contribution is -0.384. The van der Waals surface area contributed by atoms with Crippen molar-refractivity contribution in [3.63, 3.8) is 0 Å². The van der Waals surface area contributed by atoms with Gasteiger partial charge in [-0.25, -0.2) is 0 Å². The van der Waals surface area contributed by atoms with Gasteiger partial charge in [0.25, 0.3) is 5.69 Å². The SMILES string of the molecule is CN(c1cc(Cl)ccc1[N+](=O)[O-])C1CCC(=O)CC1. The standard InChI is InChI=1S/C13H15ClN2O3/c1-15(10-3-5-11(17)6-4-10)13-8-9(14)2-7-12(13)16(18)19/h2,7-8,10H,3-6H2,1H3. The Morgan fingerprint density at radius 1 is 1.37 bits per heavy atom. The maximum absolute atomic E-state index is 11.2. The van der Waals surface area contributed by atoms with Crippen LogP contribution in [-0.2, 0) is 4.79 Å². The van der Waals surface area contributed by atoms with Gasteiger partial charge < -0.3 is 4.90 Å². The first-order chi connectivity index (χ1) is 8.99. The predicted molar refractivity (Wildman–Crippen MR) is 73.8 cm³/mol. The number of carbonyl (C=O) groups excluding carboxylic acids is 1. The van der Waals surface area contributed by atoms with Crippen molar-refractivity contribution in [2.75, 3.05) is 11.9 Å². The molecule has 6 heteroatoms. The van der Waals surface area contributed by atoms with Gasteiger partial charge in [-0.15, -0.1) is 0 Å². The van der Waals surface area contributed by atoms with Crippen molar-refractivity contribution >= 4 is 28.8 Å². The second-order valence-corrected chi connectivity index (χ2v) is 5.21. The number of hydrogen-bond donors (Lipinski definition) is 0. The summed E-state index contributed by atoms with van der Waals surface area (Å²) in [4.78, 5) is 23.8. The molecule has 0 radical (unpaired) electrons. The van der Waals surface area contributed by atoms with Crippen LogP contribution in [0.2, 0.25) is 5.02 Å². The first-order valence-corrected chi connectivity index (χ1v) is 6.55. The van der Waals surface area contributed by atoms with Crippen LogP contribution in [0.15, 0.2) is 18.2 Å². The Balaban J connectivity index is 2.27. The van der Waals surface area contributed by atoms with Crippen molar-refractivity contribution in [3.05, 3.63) is 33.3 Å². The molecule has 0 aromatic heterocycles. The molecule has 19 heavy (non-hydrogen) atoms. The molecule has 1 aromatic rings. The van der Waals surface area contributed by atoms with Crippen molar-refractivity contribution in [2.24, 2.45) is 0 Å². The van der Waals surface area contributed by atoms with Crippen LogP contribution in [0.25, 0.3) is 0 Å². The molecule has 0 atom stereocenters. The van der Waals surface area contributed by atoms with E-state index in [2.05, 4.69) is 0 Å². The van der Waals surface area contributed by atoms with E-state index in [0.29, 0.717) is 23.6 Å². The molecular formula is C13H15ClN2O3. The number of nitrogens with zero attached hydrogens (tertiary/aromatic N) is 2. The van der Waals surface area contributed by atoms with Gasteiger partial charge in [0.15, 0.2) is 0 Å². The molecule has 1 aliphatic carbocycles. The Labute approximate surface area is 116 Å². The Morgan fingerprint density at radius 3 is 2.58 bits per heavy atom. The van der Waals surface area contributed by atoms with E-state index in [-0.39, 0.29) is 17.5 Å². The van der Waals surface area contributed by atoms with Crippen LogP contribution < -0.4 is 4.90 Å². The van der Waals surface area contributed by atoms with Crippen LogP contribution in [0, 0.1) is 10.1 Å². The third-order valence-corrected chi connectivity index (χ3v) is 3.81. The molecule has 0 unspecified atom stereocenters. The lowest BCUT2D eigenvalue weighted by Gasteiger charge is -2.32. The number of anilines is 1. The molecule has 1 fully saturated rings. The third-order valence-electron chi connectivity index (χ3n) is 3.57. The van der Waals surface area contributed by atoms with Crippen LogP contribution in [-0.4, -0.2) is 23.8 Å². The van der Waals surface area contributed by atoms with E-state index in [1.54, 1.807) is 6.07 Å². The van der Waals surface area contributed by atoms with Gasteiger partial charge in [0.2, 0.25) is 0 Å². The zero-order valence-corrected chi connectivity index (χ0v) is 11.4. The van der Waals surface area contributed by atoms with Crippen LogP contribution in [0.3, 0.4) is 0 Å². The van der Waals surface area contributed by atoms with Gasteiger partial charge >= 0.3 is 0 Å². The Bertz CT molecular complexity index is 509. The fourth-order valence-electron chi connectivity index (χ4n) is 2.44. The minimum Gasteiger partial charge on any atom is -0.366 e. The van der Waals surface area contributed by atoms with Crippen LogP contribution >= 0.6 is 11.6 Å². The maximum Gasteiger partial charge on any atom is 0.292 e. The number of hydrogen-bond acceptors (Lipinski definition) is 4. The summed E-state index contributed by atoms with van der Waals surface area (Å²) in [7, 11) is 1.82.